The minimum absolute atomic E-state index is 0.199. The predicted octanol–water partition coefficient (Wildman–Crippen LogP) is 1.38. The lowest BCUT2D eigenvalue weighted by Gasteiger charge is -2.15. The van der Waals surface area contributed by atoms with E-state index in [9.17, 15) is 14.4 Å². The van der Waals surface area contributed by atoms with Gasteiger partial charge in [0.2, 0.25) is 5.56 Å². The van der Waals surface area contributed by atoms with Crippen molar-refractivity contribution in [2.24, 2.45) is 0 Å². The van der Waals surface area contributed by atoms with E-state index in [1.54, 1.807) is 12.1 Å². The molecule has 0 aromatic carbocycles. The van der Waals surface area contributed by atoms with Crippen LogP contribution >= 0.6 is 11.3 Å². The highest BCUT2D eigenvalue weighted by molar-refractivity contribution is 7.10. The van der Waals surface area contributed by atoms with Gasteiger partial charge < -0.3 is 15.4 Å². The molecule has 0 bridgehead atoms. The number of amides is 1. The molecule has 2 heterocycles. The summed E-state index contributed by atoms with van der Waals surface area (Å²) < 4.78 is 0. The minimum atomic E-state index is -0.995. The Morgan fingerprint density at radius 1 is 1.35 bits per heavy atom. The number of nitrogens with one attached hydrogen (secondary N) is 2. The predicted molar refractivity (Wildman–Crippen MR) is 73.8 cm³/mol. The van der Waals surface area contributed by atoms with E-state index in [-0.39, 0.29) is 17.5 Å². The third-order valence-electron chi connectivity index (χ3n) is 2.62. The van der Waals surface area contributed by atoms with Gasteiger partial charge in [0.15, 0.2) is 0 Å². The fourth-order valence-corrected chi connectivity index (χ4v) is 2.46. The molecule has 0 aliphatic carbocycles. The smallest absolute Gasteiger partial charge is 0.305 e. The molecule has 1 unspecified atom stereocenters. The van der Waals surface area contributed by atoms with Gasteiger partial charge in [-0.15, -0.1) is 11.3 Å². The highest BCUT2D eigenvalue weighted by Gasteiger charge is 2.19. The average molecular weight is 292 g/mol. The number of aromatic amines is 1. The second-order valence-electron chi connectivity index (χ2n) is 4.08. The first kappa shape index (κ1) is 14.0. The molecule has 0 aliphatic heterocycles. The summed E-state index contributed by atoms with van der Waals surface area (Å²) in [6.07, 6.45) is 1.10. The van der Waals surface area contributed by atoms with Crippen molar-refractivity contribution in [3.63, 3.8) is 0 Å². The first-order chi connectivity index (χ1) is 9.56. The van der Waals surface area contributed by atoms with Crippen LogP contribution in [0, 0.1) is 0 Å². The van der Waals surface area contributed by atoms with Crippen LogP contribution in [0.5, 0.6) is 0 Å². The highest BCUT2D eigenvalue weighted by atomic mass is 32.1. The number of thiophene rings is 1. The third-order valence-corrected chi connectivity index (χ3v) is 3.60. The van der Waals surface area contributed by atoms with Crippen LogP contribution < -0.4 is 10.9 Å². The van der Waals surface area contributed by atoms with Gasteiger partial charge in [-0.2, -0.15) is 0 Å². The Morgan fingerprint density at radius 3 is 2.70 bits per heavy atom. The second kappa shape index (κ2) is 6.16. The van der Waals surface area contributed by atoms with E-state index in [2.05, 4.69) is 10.3 Å². The van der Waals surface area contributed by atoms with Gasteiger partial charge in [0.05, 0.1) is 18.0 Å². The Balaban J connectivity index is 2.15. The summed E-state index contributed by atoms with van der Waals surface area (Å²) in [4.78, 5) is 37.0. The summed E-state index contributed by atoms with van der Waals surface area (Å²) in [5.74, 6) is -1.42. The van der Waals surface area contributed by atoms with Crippen molar-refractivity contribution >= 4 is 23.2 Å². The molecule has 7 heteroatoms. The fraction of sp³-hybridized carbons (Fsp3) is 0.154. The standard InChI is InChI=1S/C13H12N2O4S/c16-11-4-3-8(7-14-11)13(19)15-9(6-12(17)18)10-2-1-5-20-10/h1-5,7,9H,6H2,(H,14,16)(H,15,19)(H,17,18). The first-order valence-electron chi connectivity index (χ1n) is 5.81. The van der Waals surface area contributed by atoms with E-state index in [1.165, 1.54) is 29.7 Å². The molecule has 0 saturated heterocycles. The number of pyridine rings is 1. The Morgan fingerprint density at radius 2 is 2.15 bits per heavy atom. The van der Waals surface area contributed by atoms with Gasteiger partial charge in [-0.1, -0.05) is 6.07 Å². The largest absolute Gasteiger partial charge is 0.481 e. The highest BCUT2D eigenvalue weighted by Crippen LogP contribution is 2.22. The molecule has 2 aromatic rings. The summed E-state index contributed by atoms with van der Waals surface area (Å²) in [6.45, 7) is 0. The Kier molecular flexibility index (Phi) is 4.31. The number of carbonyl (C=O) groups excluding carboxylic acids is 1. The normalized spacial score (nSPS) is 11.8. The Labute approximate surface area is 118 Å². The lowest BCUT2D eigenvalue weighted by molar-refractivity contribution is -0.137. The quantitative estimate of drug-likeness (QED) is 0.775. The molecule has 0 fully saturated rings. The van der Waals surface area contributed by atoms with Crippen LogP contribution in [-0.2, 0) is 4.79 Å². The molecular formula is C13H12N2O4S. The number of aromatic nitrogens is 1. The van der Waals surface area contributed by atoms with Crippen molar-refractivity contribution in [2.45, 2.75) is 12.5 Å². The van der Waals surface area contributed by atoms with E-state index in [1.807, 2.05) is 5.38 Å². The van der Waals surface area contributed by atoms with E-state index in [0.29, 0.717) is 0 Å². The van der Waals surface area contributed by atoms with E-state index >= 15 is 0 Å². The topological polar surface area (TPSA) is 99.3 Å². The van der Waals surface area contributed by atoms with Crippen LogP contribution in [0.25, 0.3) is 0 Å². The van der Waals surface area contributed by atoms with Crippen molar-refractivity contribution in [1.29, 1.82) is 0 Å². The number of H-pyrrole nitrogens is 1. The molecule has 0 spiro atoms. The second-order valence-corrected chi connectivity index (χ2v) is 5.06. The molecule has 1 amide bonds. The average Bonchev–Trinajstić information content (AvgIpc) is 2.92. The lowest BCUT2D eigenvalue weighted by atomic mass is 10.1. The van der Waals surface area contributed by atoms with Gasteiger partial charge in [-0.05, 0) is 17.5 Å². The van der Waals surface area contributed by atoms with Crippen molar-refractivity contribution in [2.75, 3.05) is 0 Å². The fourth-order valence-electron chi connectivity index (χ4n) is 1.68. The summed E-state index contributed by atoms with van der Waals surface area (Å²) in [7, 11) is 0. The summed E-state index contributed by atoms with van der Waals surface area (Å²) in [5.41, 5.74) is -0.0292. The van der Waals surface area contributed by atoms with Crippen molar-refractivity contribution in [3.8, 4) is 0 Å². The molecule has 0 saturated carbocycles. The van der Waals surface area contributed by atoms with Crippen LogP contribution in [0.3, 0.4) is 0 Å². The van der Waals surface area contributed by atoms with Gasteiger partial charge in [-0.25, -0.2) is 0 Å². The van der Waals surface area contributed by atoms with Crippen molar-refractivity contribution in [3.05, 3.63) is 56.6 Å². The maximum Gasteiger partial charge on any atom is 0.305 e. The molecule has 6 nitrogen and oxygen atoms in total. The molecule has 20 heavy (non-hydrogen) atoms. The molecule has 2 aromatic heterocycles. The van der Waals surface area contributed by atoms with Crippen molar-refractivity contribution < 1.29 is 14.7 Å². The summed E-state index contributed by atoms with van der Waals surface area (Å²) in [6, 6.07) is 5.60. The van der Waals surface area contributed by atoms with Gasteiger partial charge >= 0.3 is 5.97 Å². The summed E-state index contributed by atoms with van der Waals surface area (Å²) >= 11 is 1.38. The number of hydrogen-bond acceptors (Lipinski definition) is 4. The van der Waals surface area contributed by atoms with Crippen molar-refractivity contribution in [1.82, 2.24) is 10.3 Å². The zero-order valence-corrected chi connectivity index (χ0v) is 11.1. The van der Waals surface area contributed by atoms with E-state index in [0.717, 1.165) is 4.88 Å². The lowest BCUT2D eigenvalue weighted by Crippen LogP contribution is -2.30. The molecule has 1 atom stereocenters. The SMILES string of the molecule is O=C(O)CC(NC(=O)c1ccc(=O)[nH]c1)c1cccs1. The number of carboxylic acids is 1. The summed E-state index contributed by atoms with van der Waals surface area (Å²) in [5, 5.41) is 13.4. The van der Waals surface area contributed by atoms with Crippen LogP contribution in [0.1, 0.15) is 27.7 Å². The van der Waals surface area contributed by atoms with E-state index in [4.69, 9.17) is 5.11 Å². The van der Waals surface area contributed by atoms with E-state index < -0.39 is 17.9 Å². The molecule has 0 aliphatic rings. The molecule has 0 radical (unpaired) electrons. The molecule has 104 valence electrons. The number of aliphatic carboxylic acids is 1. The van der Waals surface area contributed by atoms with Crippen LogP contribution in [-0.4, -0.2) is 22.0 Å². The molecular weight excluding hydrogens is 280 g/mol. The zero-order chi connectivity index (χ0) is 14.5. The maximum absolute atomic E-state index is 12.0. The number of carboxylic acid groups (broad SMARTS) is 1. The van der Waals surface area contributed by atoms with Crippen LogP contribution in [0.15, 0.2) is 40.6 Å². The Hall–Kier alpha value is -2.41. The Bertz CT molecular complexity index is 643. The number of hydrogen-bond donors (Lipinski definition) is 3. The monoisotopic (exact) mass is 292 g/mol. The van der Waals surface area contributed by atoms with Crippen LogP contribution in [0.4, 0.5) is 0 Å². The van der Waals surface area contributed by atoms with Gasteiger partial charge in [0.25, 0.3) is 5.91 Å². The van der Waals surface area contributed by atoms with Gasteiger partial charge in [0.1, 0.15) is 0 Å². The minimum Gasteiger partial charge on any atom is -0.481 e. The maximum atomic E-state index is 12.0. The van der Waals surface area contributed by atoms with Gasteiger partial charge in [-0.3, -0.25) is 14.4 Å². The molecule has 3 N–H and O–H groups in total. The zero-order valence-electron chi connectivity index (χ0n) is 10.3. The molecule has 2 rings (SSSR count). The number of carbonyl (C=O) groups is 2. The third kappa shape index (κ3) is 3.55. The first-order valence-corrected chi connectivity index (χ1v) is 6.69. The van der Waals surface area contributed by atoms with Crippen LogP contribution in [0.2, 0.25) is 0 Å². The van der Waals surface area contributed by atoms with Gasteiger partial charge in [0, 0.05) is 17.1 Å². The number of rotatable bonds is 5.